The van der Waals surface area contributed by atoms with E-state index >= 15 is 0 Å². The molecular formula is C8H18N6O9P2. The number of likely N-dealkylation sites (N-methyl/N-ethyl adjacent to an activating group) is 2. The molecule has 0 saturated carbocycles. The topological polar surface area (TPSA) is 243 Å². The van der Waals surface area contributed by atoms with Crippen molar-refractivity contribution in [3.63, 3.8) is 0 Å². The third kappa shape index (κ3) is 9.64. The van der Waals surface area contributed by atoms with Crippen LogP contribution in [-0.4, -0.2) is 70.6 Å². The summed E-state index contributed by atoms with van der Waals surface area (Å²) in [5.41, 5.74) is 10.1. The summed E-state index contributed by atoms with van der Waals surface area (Å²) in [6.45, 7) is -1.51. The maximum Gasteiger partial charge on any atom is 0.601 e. The molecule has 0 aliphatic carbocycles. The van der Waals surface area contributed by atoms with Crippen LogP contribution < -0.4 is 11.5 Å². The van der Waals surface area contributed by atoms with Gasteiger partial charge in [0.15, 0.2) is 11.9 Å². The van der Waals surface area contributed by atoms with Gasteiger partial charge in [-0.05, 0) is 0 Å². The van der Waals surface area contributed by atoms with Crippen molar-refractivity contribution in [2.75, 3.05) is 27.2 Å². The fourth-order valence-electron chi connectivity index (χ4n) is 1.05. The van der Waals surface area contributed by atoms with Crippen LogP contribution in [0, 0.1) is 10.8 Å². The molecule has 0 bridgehead atoms. The standard InChI is InChI=1S/C8H18N6O9P2/c1-13(7(9)10)3-5(15)21-25(20,23-24(17,18)19)22-6(16)4-14(2)8(11)12/h3-4H2,1-2H3,(H3,9,10)(H3,11,12)(H2,17,18,19). The van der Waals surface area contributed by atoms with Gasteiger partial charge in [0.2, 0.25) is 0 Å². The second kappa shape index (κ2) is 8.78. The van der Waals surface area contributed by atoms with E-state index in [1.807, 2.05) is 0 Å². The van der Waals surface area contributed by atoms with Crippen LogP contribution in [0.1, 0.15) is 0 Å². The smallest absolute Gasteiger partial charge is 0.370 e. The van der Waals surface area contributed by atoms with E-state index in [0.29, 0.717) is 0 Å². The molecule has 0 aromatic carbocycles. The predicted molar refractivity (Wildman–Crippen MR) is 82.0 cm³/mol. The van der Waals surface area contributed by atoms with Crippen LogP contribution in [-0.2, 0) is 32.1 Å². The molecule has 144 valence electrons. The van der Waals surface area contributed by atoms with Gasteiger partial charge in [0, 0.05) is 14.1 Å². The fourth-order valence-corrected chi connectivity index (χ4v) is 3.01. The molecule has 0 spiro atoms. The highest BCUT2D eigenvalue weighted by Crippen LogP contribution is 2.61. The molecule has 0 radical (unpaired) electrons. The van der Waals surface area contributed by atoms with Gasteiger partial charge in [0.25, 0.3) is 0 Å². The van der Waals surface area contributed by atoms with Crippen LogP contribution in [0.3, 0.4) is 0 Å². The summed E-state index contributed by atoms with van der Waals surface area (Å²) in [7, 11) is -8.48. The van der Waals surface area contributed by atoms with Gasteiger partial charge in [-0.25, -0.2) is 18.7 Å². The first-order chi connectivity index (χ1) is 11.1. The third-order valence-electron chi connectivity index (χ3n) is 2.19. The Labute approximate surface area is 141 Å². The Morgan fingerprint density at radius 3 is 1.52 bits per heavy atom. The molecule has 0 heterocycles. The van der Waals surface area contributed by atoms with Crippen LogP contribution in [0.5, 0.6) is 0 Å². The van der Waals surface area contributed by atoms with E-state index in [0.717, 1.165) is 9.80 Å². The lowest BCUT2D eigenvalue weighted by atomic mass is 10.6. The number of carbonyl (C=O) groups excluding carboxylic acids is 2. The Morgan fingerprint density at radius 1 is 0.960 bits per heavy atom. The average Bonchev–Trinajstić information content (AvgIpc) is 2.34. The number of carbonyl (C=O) groups is 2. The minimum absolute atomic E-state index is 0.567. The van der Waals surface area contributed by atoms with Crippen LogP contribution in [0.25, 0.3) is 0 Å². The van der Waals surface area contributed by atoms with Gasteiger partial charge in [-0.1, -0.05) is 0 Å². The minimum Gasteiger partial charge on any atom is -0.370 e. The lowest BCUT2D eigenvalue weighted by Gasteiger charge is -2.21. The van der Waals surface area contributed by atoms with Crippen molar-refractivity contribution in [2.24, 2.45) is 11.5 Å². The Hall–Kier alpha value is -2.18. The fraction of sp³-hybridized carbons (Fsp3) is 0.500. The summed E-state index contributed by atoms with van der Waals surface area (Å²) in [6.07, 6.45) is 0. The molecule has 17 heteroatoms. The Kier molecular flexibility index (Phi) is 8.02. The molecule has 0 amide bonds. The Morgan fingerprint density at radius 2 is 1.28 bits per heavy atom. The van der Waals surface area contributed by atoms with E-state index in [-0.39, 0.29) is 0 Å². The zero-order chi connectivity index (χ0) is 20.0. The summed E-state index contributed by atoms with van der Waals surface area (Å²) in [4.78, 5) is 42.3. The average molecular weight is 404 g/mol. The van der Waals surface area contributed by atoms with Crippen molar-refractivity contribution in [2.45, 2.75) is 0 Å². The number of nitrogens with one attached hydrogen (secondary N) is 2. The number of phosphoric acid groups is 2. The van der Waals surface area contributed by atoms with E-state index in [1.165, 1.54) is 14.1 Å². The van der Waals surface area contributed by atoms with Gasteiger partial charge in [0.1, 0.15) is 13.1 Å². The first-order valence-electron chi connectivity index (χ1n) is 6.07. The van der Waals surface area contributed by atoms with Crippen molar-refractivity contribution < 1.29 is 41.9 Å². The molecule has 8 N–H and O–H groups in total. The number of hydrogen-bond acceptors (Lipinski definition) is 9. The van der Waals surface area contributed by atoms with E-state index < -0.39 is 52.6 Å². The lowest BCUT2D eigenvalue weighted by Crippen LogP contribution is -2.38. The Bertz CT molecular complexity index is 608. The first kappa shape index (κ1) is 22.8. The highest BCUT2D eigenvalue weighted by atomic mass is 31.3. The molecule has 0 unspecified atom stereocenters. The number of phosphoric ester groups is 1. The second-order valence-electron chi connectivity index (χ2n) is 4.43. The monoisotopic (exact) mass is 404 g/mol. The van der Waals surface area contributed by atoms with E-state index in [2.05, 4.69) is 13.4 Å². The molecule has 0 fully saturated rings. The van der Waals surface area contributed by atoms with Gasteiger partial charge in [0.05, 0.1) is 0 Å². The van der Waals surface area contributed by atoms with Crippen molar-refractivity contribution in [3.8, 4) is 0 Å². The molecule has 0 atom stereocenters. The summed E-state index contributed by atoms with van der Waals surface area (Å²) < 4.78 is 35.2. The number of guanidine groups is 2. The van der Waals surface area contributed by atoms with Crippen LogP contribution in [0.4, 0.5) is 0 Å². The molecule has 0 saturated heterocycles. The summed E-state index contributed by atoms with van der Waals surface area (Å²) in [5.74, 6) is -3.96. The van der Waals surface area contributed by atoms with Crippen molar-refractivity contribution in [1.29, 1.82) is 10.8 Å². The van der Waals surface area contributed by atoms with Crippen LogP contribution >= 0.6 is 15.6 Å². The Balaban J connectivity index is 5.19. The quantitative estimate of drug-likeness (QED) is 0.145. The van der Waals surface area contributed by atoms with Crippen LogP contribution in [0.15, 0.2) is 0 Å². The summed E-state index contributed by atoms with van der Waals surface area (Å²) in [5, 5.41) is 14.1. The molecule has 15 nitrogen and oxygen atoms in total. The SMILES string of the molecule is CN(CC(=O)OP(=O)(OC(=O)CN(C)C(=N)N)OP(=O)(O)O)C(=N)N. The van der Waals surface area contributed by atoms with Gasteiger partial charge in [-0.2, -0.15) is 4.31 Å². The summed E-state index contributed by atoms with van der Waals surface area (Å²) >= 11 is 0. The van der Waals surface area contributed by atoms with Crippen LogP contribution in [0.2, 0.25) is 0 Å². The highest BCUT2D eigenvalue weighted by molar-refractivity contribution is 7.61. The molecule has 0 aliphatic rings. The molecule has 0 rings (SSSR count). The number of nitrogens with zero attached hydrogens (tertiary/aromatic N) is 2. The van der Waals surface area contributed by atoms with Gasteiger partial charge < -0.3 is 40.1 Å². The lowest BCUT2D eigenvalue weighted by molar-refractivity contribution is -0.140. The summed E-state index contributed by atoms with van der Waals surface area (Å²) in [6, 6.07) is 0. The number of hydrogen-bond donors (Lipinski definition) is 6. The van der Waals surface area contributed by atoms with Gasteiger partial charge in [-0.15, -0.1) is 0 Å². The first-order valence-corrected chi connectivity index (χ1v) is 9.06. The third-order valence-corrected chi connectivity index (χ3v) is 4.69. The zero-order valence-corrected chi connectivity index (χ0v) is 14.9. The highest BCUT2D eigenvalue weighted by Gasteiger charge is 2.42. The molecule has 0 aromatic heterocycles. The van der Waals surface area contributed by atoms with Crippen molar-refractivity contribution >= 4 is 39.5 Å². The number of rotatable bonds is 8. The molecule has 0 aromatic rings. The molecule has 0 aliphatic heterocycles. The van der Waals surface area contributed by atoms with E-state index in [4.69, 9.17) is 32.1 Å². The van der Waals surface area contributed by atoms with Gasteiger partial charge in [-0.3, -0.25) is 10.8 Å². The van der Waals surface area contributed by atoms with Gasteiger partial charge >= 0.3 is 27.6 Å². The minimum atomic E-state index is -5.48. The number of nitrogens with two attached hydrogens (primary N) is 2. The normalized spacial score (nSPS) is 13.3. The zero-order valence-electron chi connectivity index (χ0n) is 13.1. The van der Waals surface area contributed by atoms with Crippen molar-refractivity contribution in [3.05, 3.63) is 0 Å². The molecule has 25 heavy (non-hydrogen) atoms. The predicted octanol–water partition coefficient (Wildman–Crippen LogP) is -2.06. The second-order valence-corrected chi connectivity index (χ2v) is 7.32. The molecular weight excluding hydrogens is 386 g/mol. The van der Waals surface area contributed by atoms with E-state index in [1.54, 1.807) is 0 Å². The maximum absolute atomic E-state index is 12.1. The largest absolute Gasteiger partial charge is 0.601 e. The van der Waals surface area contributed by atoms with E-state index in [9.17, 15) is 18.7 Å². The van der Waals surface area contributed by atoms with Crippen molar-refractivity contribution in [1.82, 2.24) is 9.80 Å². The maximum atomic E-state index is 12.1.